The van der Waals surface area contributed by atoms with Crippen LogP contribution in [0.3, 0.4) is 0 Å². The van der Waals surface area contributed by atoms with Gasteiger partial charge in [-0.3, -0.25) is 4.68 Å². The zero-order valence-corrected chi connectivity index (χ0v) is 17.3. The molecule has 0 radical (unpaired) electrons. The van der Waals surface area contributed by atoms with E-state index in [1.807, 2.05) is 41.3 Å². The van der Waals surface area contributed by atoms with Crippen LogP contribution < -0.4 is 0 Å². The van der Waals surface area contributed by atoms with E-state index in [0.29, 0.717) is 24.4 Å². The van der Waals surface area contributed by atoms with E-state index in [1.165, 1.54) is 17.0 Å². The molecule has 1 aliphatic carbocycles. The first-order valence-electron chi connectivity index (χ1n) is 10.8. The fourth-order valence-electron chi connectivity index (χ4n) is 4.79. The van der Waals surface area contributed by atoms with Crippen molar-refractivity contribution < 1.29 is 9.53 Å². The van der Waals surface area contributed by atoms with Crippen molar-refractivity contribution in [3.63, 3.8) is 0 Å². The zero-order chi connectivity index (χ0) is 20.5. The highest BCUT2D eigenvalue weighted by molar-refractivity contribution is 5.68. The molecular formula is C25H27N3O2. The number of amides is 1. The number of piperidine rings is 1. The van der Waals surface area contributed by atoms with Crippen LogP contribution in [-0.2, 0) is 24.3 Å². The second-order valence-electron chi connectivity index (χ2n) is 8.34. The average molecular weight is 402 g/mol. The molecule has 1 aliphatic heterocycles. The molecule has 154 valence electrons. The van der Waals surface area contributed by atoms with Crippen LogP contribution in [0.5, 0.6) is 0 Å². The van der Waals surface area contributed by atoms with Gasteiger partial charge in [0.1, 0.15) is 6.61 Å². The number of carbonyl (C=O) groups excluding carboxylic acids is 1. The number of aryl methyl sites for hydroxylation is 1. The van der Waals surface area contributed by atoms with Crippen LogP contribution >= 0.6 is 0 Å². The summed E-state index contributed by atoms with van der Waals surface area (Å²) in [5.74, 6) is 1.50. The Hall–Kier alpha value is -3.08. The number of likely N-dealkylation sites (tertiary alicyclic amines) is 1. The number of benzene rings is 2. The second kappa shape index (κ2) is 7.98. The standard InChI is InChI=1S/C25H27N3O2/c1-2-28-20(13-18-9-5-3-6-10-18)14-23(26-28)24-21-15-27(16-22(21)24)25(29)30-17-19-11-7-4-8-12-19/h3-12,14,21-22,24H,2,13,15-17H2,1H3/t21-,22+,24+. The van der Waals surface area contributed by atoms with E-state index in [9.17, 15) is 4.79 Å². The first-order chi connectivity index (χ1) is 14.7. The van der Waals surface area contributed by atoms with Crippen LogP contribution in [-0.4, -0.2) is 33.9 Å². The zero-order valence-electron chi connectivity index (χ0n) is 17.3. The molecule has 1 saturated heterocycles. The Morgan fingerprint density at radius 1 is 1.00 bits per heavy atom. The highest BCUT2D eigenvalue weighted by Gasteiger charge is 2.58. The molecule has 30 heavy (non-hydrogen) atoms. The number of hydrogen-bond acceptors (Lipinski definition) is 3. The lowest BCUT2D eigenvalue weighted by atomic mass is 10.1. The molecule has 0 N–H and O–H groups in total. The molecule has 0 unspecified atom stereocenters. The van der Waals surface area contributed by atoms with Crippen LogP contribution in [0.25, 0.3) is 0 Å². The molecule has 2 heterocycles. The molecular weight excluding hydrogens is 374 g/mol. The molecule has 2 aromatic carbocycles. The van der Waals surface area contributed by atoms with Crippen molar-refractivity contribution in [3.8, 4) is 0 Å². The van der Waals surface area contributed by atoms with E-state index in [0.717, 1.165) is 31.6 Å². The van der Waals surface area contributed by atoms with Crippen LogP contribution in [0.2, 0.25) is 0 Å². The third-order valence-corrected chi connectivity index (χ3v) is 6.41. The Balaban J connectivity index is 1.18. The lowest BCUT2D eigenvalue weighted by Crippen LogP contribution is -2.31. The molecule has 1 aromatic heterocycles. The number of carbonyl (C=O) groups is 1. The number of fused-ring (bicyclic) bond motifs is 1. The van der Waals surface area contributed by atoms with E-state index >= 15 is 0 Å². The van der Waals surface area contributed by atoms with E-state index in [-0.39, 0.29) is 6.09 Å². The minimum absolute atomic E-state index is 0.200. The molecule has 5 heteroatoms. The van der Waals surface area contributed by atoms with E-state index < -0.39 is 0 Å². The average Bonchev–Trinajstić information content (AvgIpc) is 3.11. The Bertz CT molecular complexity index is 1000. The van der Waals surface area contributed by atoms with Gasteiger partial charge in [0.05, 0.1) is 5.69 Å². The van der Waals surface area contributed by atoms with Gasteiger partial charge in [-0.25, -0.2) is 4.79 Å². The minimum atomic E-state index is -0.200. The van der Waals surface area contributed by atoms with Crippen LogP contribution in [0.1, 0.15) is 35.4 Å². The van der Waals surface area contributed by atoms with Crippen molar-refractivity contribution in [2.75, 3.05) is 13.1 Å². The summed E-state index contributed by atoms with van der Waals surface area (Å²) in [5.41, 5.74) is 4.78. The molecule has 1 amide bonds. The van der Waals surface area contributed by atoms with E-state index in [1.54, 1.807) is 0 Å². The molecule has 3 aromatic rings. The maximum Gasteiger partial charge on any atom is 0.410 e. The summed E-state index contributed by atoms with van der Waals surface area (Å²) in [6.07, 6.45) is 0.704. The highest BCUT2D eigenvalue weighted by Crippen LogP contribution is 2.58. The number of hydrogen-bond donors (Lipinski definition) is 0. The molecule has 3 atom stereocenters. The largest absolute Gasteiger partial charge is 0.445 e. The monoisotopic (exact) mass is 401 g/mol. The van der Waals surface area contributed by atoms with Crippen molar-refractivity contribution in [1.29, 1.82) is 0 Å². The molecule has 5 rings (SSSR count). The number of rotatable bonds is 6. The Kier molecular flexibility index (Phi) is 5.03. The van der Waals surface area contributed by atoms with Crippen LogP contribution in [0, 0.1) is 11.8 Å². The van der Waals surface area contributed by atoms with Gasteiger partial charge in [0.25, 0.3) is 0 Å². The van der Waals surface area contributed by atoms with Crippen molar-refractivity contribution in [3.05, 3.63) is 89.2 Å². The highest BCUT2D eigenvalue weighted by atomic mass is 16.6. The van der Waals surface area contributed by atoms with Crippen molar-refractivity contribution in [2.24, 2.45) is 11.8 Å². The normalized spacial score (nSPS) is 22.0. The Morgan fingerprint density at radius 2 is 1.63 bits per heavy atom. The quantitative estimate of drug-likeness (QED) is 0.612. The maximum atomic E-state index is 12.4. The van der Waals surface area contributed by atoms with Gasteiger partial charge in [-0.1, -0.05) is 60.7 Å². The van der Waals surface area contributed by atoms with E-state index in [2.05, 4.69) is 41.9 Å². The number of nitrogens with zero attached hydrogens (tertiary/aromatic N) is 3. The van der Waals surface area contributed by atoms with E-state index in [4.69, 9.17) is 9.84 Å². The SMILES string of the molecule is CCn1nc([C@H]2[C@@H]3CN(C(=O)OCc4ccccc4)C[C@@H]32)cc1Cc1ccccc1. The van der Waals surface area contributed by atoms with Crippen LogP contribution in [0.15, 0.2) is 66.7 Å². The van der Waals surface area contributed by atoms with Gasteiger partial charge in [-0.2, -0.15) is 5.10 Å². The third kappa shape index (κ3) is 3.72. The molecule has 2 fully saturated rings. The van der Waals surface area contributed by atoms with Gasteiger partial charge >= 0.3 is 6.09 Å². The minimum Gasteiger partial charge on any atom is -0.445 e. The molecule has 2 aliphatic rings. The molecule has 0 bridgehead atoms. The summed E-state index contributed by atoms with van der Waals surface area (Å²) in [6, 6.07) is 22.6. The Labute approximate surface area is 177 Å². The van der Waals surface area contributed by atoms with Crippen molar-refractivity contribution in [1.82, 2.24) is 14.7 Å². The summed E-state index contributed by atoms with van der Waals surface area (Å²) >= 11 is 0. The van der Waals surface area contributed by atoms with Gasteiger partial charge in [0.15, 0.2) is 0 Å². The second-order valence-corrected chi connectivity index (χ2v) is 8.34. The number of aromatic nitrogens is 2. The topological polar surface area (TPSA) is 47.4 Å². The molecule has 1 saturated carbocycles. The van der Waals surface area contributed by atoms with Crippen LogP contribution in [0.4, 0.5) is 4.79 Å². The van der Waals surface area contributed by atoms with Gasteiger partial charge in [-0.05, 0) is 36.0 Å². The molecule has 5 nitrogen and oxygen atoms in total. The predicted octanol–water partition coefficient (Wildman–Crippen LogP) is 4.48. The number of ether oxygens (including phenoxy) is 1. The van der Waals surface area contributed by atoms with Crippen molar-refractivity contribution >= 4 is 6.09 Å². The predicted molar refractivity (Wildman–Crippen MR) is 115 cm³/mol. The first-order valence-corrected chi connectivity index (χ1v) is 10.8. The lowest BCUT2D eigenvalue weighted by Gasteiger charge is -2.19. The fraction of sp³-hybridized carbons (Fsp3) is 0.360. The summed E-state index contributed by atoms with van der Waals surface area (Å²) in [5, 5.41) is 4.90. The van der Waals surface area contributed by atoms with Crippen molar-refractivity contribution in [2.45, 2.75) is 32.4 Å². The summed E-state index contributed by atoms with van der Waals surface area (Å²) in [7, 11) is 0. The van der Waals surface area contributed by atoms with Gasteiger partial charge < -0.3 is 9.64 Å². The summed E-state index contributed by atoms with van der Waals surface area (Å²) in [6.45, 7) is 4.90. The maximum absolute atomic E-state index is 12.4. The van der Waals surface area contributed by atoms with Gasteiger partial charge in [-0.15, -0.1) is 0 Å². The third-order valence-electron chi connectivity index (χ3n) is 6.41. The van der Waals surface area contributed by atoms with Gasteiger partial charge in [0, 0.05) is 37.7 Å². The molecule has 0 spiro atoms. The lowest BCUT2D eigenvalue weighted by molar-refractivity contribution is 0.0997. The Morgan fingerprint density at radius 3 is 2.27 bits per heavy atom. The summed E-state index contributed by atoms with van der Waals surface area (Å²) < 4.78 is 7.62. The smallest absolute Gasteiger partial charge is 0.410 e. The fourth-order valence-corrected chi connectivity index (χ4v) is 4.79. The summed E-state index contributed by atoms with van der Waals surface area (Å²) in [4.78, 5) is 14.3. The first kappa shape index (κ1) is 18.9. The van der Waals surface area contributed by atoms with Gasteiger partial charge in [0.2, 0.25) is 0 Å².